The lowest BCUT2D eigenvalue weighted by atomic mass is 9.67. The van der Waals surface area contributed by atoms with E-state index in [0.717, 1.165) is 36.8 Å². The van der Waals surface area contributed by atoms with Gasteiger partial charge in [-0.25, -0.2) is 4.39 Å². The summed E-state index contributed by atoms with van der Waals surface area (Å²) >= 11 is 0. The fourth-order valence-corrected chi connectivity index (χ4v) is 6.44. The molecule has 0 spiro atoms. The molecule has 1 aliphatic heterocycles. The van der Waals surface area contributed by atoms with E-state index in [2.05, 4.69) is 4.90 Å². The quantitative estimate of drug-likeness (QED) is 0.399. The predicted octanol–water partition coefficient (Wildman–Crippen LogP) is 5.53. The monoisotopic (exact) mass is 503 g/mol. The molecule has 2 aliphatic rings. The fraction of sp³-hybridized carbons (Fsp3) is 0.387. The molecule has 0 radical (unpaired) electrons. The van der Waals surface area contributed by atoms with Gasteiger partial charge < -0.3 is 15.3 Å². The Morgan fingerprint density at radius 3 is 2.32 bits per heavy atom. The summed E-state index contributed by atoms with van der Waals surface area (Å²) in [5, 5.41) is 31.1. The van der Waals surface area contributed by atoms with Crippen LogP contribution in [0.25, 0.3) is 0 Å². The van der Waals surface area contributed by atoms with Crippen LogP contribution in [-0.4, -0.2) is 51.2 Å². The van der Waals surface area contributed by atoms with E-state index in [1.165, 1.54) is 18.2 Å². The van der Waals surface area contributed by atoms with Gasteiger partial charge >= 0.3 is 0 Å². The van der Waals surface area contributed by atoms with Crippen LogP contribution in [0.4, 0.5) is 4.39 Å². The molecular weight excluding hydrogens is 469 g/mol. The Hall–Kier alpha value is -3.22. The zero-order valence-corrected chi connectivity index (χ0v) is 21.1. The van der Waals surface area contributed by atoms with Crippen LogP contribution in [-0.2, 0) is 0 Å². The Bertz CT molecular complexity index is 1270. The molecule has 6 heteroatoms. The molecule has 37 heavy (non-hydrogen) atoms. The molecule has 0 unspecified atom stereocenters. The molecular formula is C31H34FNO4. The van der Waals surface area contributed by atoms with E-state index in [0.29, 0.717) is 24.2 Å². The number of hydrogen-bond donors (Lipinski definition) is 3. The normalized spacial score (nSPS) is 26.6. The Morgan fingerprint density at radius 1 is 0.892 bits per heavy atom. The van der Waals surface area contributed by atoms with Gasteiger partial charge in [0.1, 0.15) is 17.3 Å². The molecule has 5 rings (SSSR count). The van der Waals surface area contributed by atoms with Crippen LogP contribution in [0.5, 0.6) is 11.5 Å². The maximum absolute atomic E-state index is 14.8. The molecule has 0 bridgehead atoms. The molecule has 194 valence electrons. The number of phenolic OH excluding ortho intramolecular Hbond substituents is 2. The third-order valence-corrected chi connectivity index (χ3v) is 8.38. The molecule has 1 heterocycles. The largest absolute Gasteiger partial charge is 0.508 e. The zero-order valence-electron chi connectivity index (χ0n) is 21.1. The summed E-state index contributed by atoms with van der Waals surface area (Å²) in [4.78, 5) is 16.5. The molecule has 1 saturated carbocycles. The lowest BCUT2D eigenvalue weighted by molar-refractivity contribution is 0.0349. The van der Waals surface area contributed by atoms with Crippen molar-refractivity contribution in [2.75, 3.05) is 13.1 Å². The van der Waals surface area contributed by atoms with Crippen LogP contribution in [0.1, 0.15) is 64.6 Å². The number of ketones is 1. The number of rotatable bonds is 5. The van der Waals surface area contributed by atoms with Crippen LogP contribution in [0.15, 0.2) is 66.7 Å². The van der Waals surface area contributed by atoms with Crippen LogP contribution < -0.4 is 0 Å². The summed E-state index contributed by atoms with van der Waals surface area (Å²) in [6.45, 7) is 2.85. The van der Waals surface area contributed by atoms with Crippen LogP contribution in [0, 0.1) is 18.7 Å². The third-order valence-electron chi connectivity index (χ3n) is 8.38. The fourth-order valence-electron chi connectivity index (χ4n) is 6.44. The summed E-state index contributed by atoms with van der Waals surface area (Å²) in [6, 6.07) is 18.8. The Labute approximate surface area is 217 Å². The Kier molecular flexibility index (Phi) is 7.31. The molecule has 1 saturated heterocycles. The number of carbonyl (C=O) groups excluding carboxylic acids is 1. The second-order valence-corrected chi connectivity index (χ2v) is 10.6. The highest BCUT2D eigenvalue weighted by atomic mass is 19.1. The number of piperidine rings is 1. The number of hydrogen-bond acceptors (Lipinski definition) is 5. The van der Waals surface area contributed by atoms with Crippen molar-refractivity contribution in [2.45, 2.75) is 56.6 Å². The van der Waals surface area contributed by atoms with Crippen molar-refractivity contribution in [1.82, 2.24) is 4.90 Å². The minimum atomic E-state index is -0.521. The standard InChI is InChI=1S/C31H34FNO4/c1-19-24(9-5-10-28(19)32)30-26(25-8-2-3-11-29(25)36)17-33(21-12-14-22(34)15-13-21)18-27(30)31(37)20-6-4-7-23(35)16-20/h2-11,16,21-22,26-27,30,34-36H,12-15,17-18H2,1H3/t21?,22?,26-,27+,30-/m1/s1. The molecule has 3 atom stereocenters. The van der Waals surface area contributed by atoms with Crippen LogP contribution in [0.3, 0.4) is 0 Å². The minimum Gasteiger partial charge on any atom is -0.508 e. The summed E-state index contributed by atoms with van der Waals surface area (Å²) in [7, 11) is 0. The smallest absolute Gasteiger partial charge is 0.167 e. The number of Topliss-reactive ketones (excluding diaryl/α,β-unsaturated/α-hetero) is 1. The second kappa shape index (κ2) is 10.6. The van der Waals surface area contributed by atoms with Crippen molar-refractivity contribution in [2.24, 2.45) is 5.92 Å². The van der Waals surface area contributed by atoms with Crippen molar-refractivity contribution in [3.8, 4) is 11.5 Å². The molecule has 0 aromatic heterocycles. The van der Waals surface area contributed by atoms with Gasteiger partial charge in [-0.05, 0) is 73.6 Å². The van der Waals surface area contributed by atoms with E-state index in [9.17, 15) is 24.5 Å². The molecule has 3 aromatic rings. The minimum absolute atomic E-state index is 0.0236. The number of aliphatic hydroxyl groups is 1. The number of likely N-dealkylation sites (tertiary alicyclic amines) is 1. The van der Waals surface area contributed by atoms with Crippen LogP contribution >= 0.6 is 0 Å². The van der Waals surface area contributed by atoms with Crippen molar-refractivity contribution >= 4 is 5.78 Å². The van der Waals surface area contributed by atoms with Gasteiger partial charge in [0.2, 0.25) is 0 Å². The number of aromatic hydroxyl groups is 2. The predicted molar refractivity (Wildman–Crippen MR) is 140 cm³/mol. The van der Waals surface area contributed by atoms with Crippen LogP contribution in [0.2, 0.25) is 0 Å². The average Bonchev–Trinajstić information content (AvgIpc) is 2.90. The highest BCUT2D eigenvalue weighted by Gasteiger charge is 2.45. The average molecular weight is 504 g/mol. The number of carbonyl (C=O) groups is 1. The summed E-state index contributed by atoms with van der Waals surface area (Å²) < 4.78 is 14.8. The van der Waals surface area contributed by atoms with Crippen molar-refractivity contribution < 1.29 is 24.5 Å². The number of phenols is 2. The first kappa shape index (κ1) is 25.4. The number of nitrogens with zero attached hydrogens (tertiary/aromatic N) is 1. The summed E-state index contributed by atoms with van der Waals surface area (Å²) in [6.07, 6.45) is 2.83. The molecule has 3 aromatic carbocycles. The molecule has 1 aliphatic carbocycles. The number of aliphatic hydroxyl groups excluding tert-OH is 1. The van der Waals surface area contributed by atoms with Gasteiger partial charge in [-0.2, -0.15) is 0 Å². The van der Waals surface area contributed by atoms with E-state index in [1.54, 1.807) is 37.3 Å². The van der Waals surface area contributed by atoms with Gasteiger partial charge in [0.05, 0.1) is 6.10 Å². The topological polar surface area (TPSA) is 81.0 Å². The SMILES string of the molecule is Cc1c(F)cccc1[C@H]1[C@@H](C(=O)c2cccc(O)c2)CN(C2CCC(O)CC2)C[C@@H]1c1ccccc1O. The summed E-state index contributed by atoms with van der Waals surface area (Å²) in [5.41, 5.74) is 2.44. The molecule has 3 N–H and O–H groups in total. The molecule has 5 nitrogen and oxygen atoms in total. The van der Waals surface area contributed by atoms with Gasteiger partial charge in [-0.15, -0.1) is 0 Å². The number of benzene rings is 3. The van der Waals surface area contributed by atoms with E-state index < -0.39 is 5.92 Å². The first-order valence-electron chi connectivity index (χ1n) is 13.1. The van der Waals surface area contributed by atoms with E-state index in [4.69, 9.17) is 0 Å². The van der Waals surface area contributed by atoms with Gasteiger partial charge in [-0.3, -0.25) is 9.69 Å². The first-order chi connectivity index (χ1) is 17.8. The molecule has 2 fully saturated rings. The number of para-hydroxylation sites is 1. The third kappa shape index (κ3) is 5.13. The first-order valence-corrected chi connectivity index (χ1v) is 13.1. The van der Waals surface area contributed by atoms with Crippen molar-refractivity contribution in [3.05, 3.63) is 94.8 Å². The van der Waals surface area contributed by atoms with Gasteiger partial charge in [0.15, 0.2) is 5.78 Å². The van der Waals surface area contributed by atoms with Crippen molar-refractivity contribution in [3.63, 3.8) is 0 Å². The lowest BCUT2D eigenvalue weighted by Crippen LogP contribution is -2.52. The van der Waals surface area contributed by atoms with Crippen molar-refractivity contribution in [1.29, 1.82) is 0 Å². The maximum Gasteiger partial charge on any atom is 0.167 e. The van der Waals surface area contributed by atoms with Gasteiger partial charge in [0.25, 0.3) is 0 Å². The van der Waals surface area contributed by atoms with Gasteiger partial charge in [-0.1, -0.05) is 42.5 Å². The molecule has 0 amide bonds. The number of halogens is 1. The lowest BCUT2D eigenvalue weighted by Gasteiger charge is -2.48. The summed E-state index contributed by atoms with van der Waals surface area (Å²) in [5.74, 6) is -1.39. The Balaban J connectivity index is 1.64. The van der Waals surface area contributed by atoms with Gasteiger partial charge in [0, 0.05) is 42.4 Å². The highest BCUT2D eigenvalue weighted by molar-refractivity contribution is 5.99. The highest BCUT2D eigenvalue weighted by Crippen LogP contribution is 2.48. The van der Waals surface area contributed by atoms with E-state index in [1.807, 2.05) is 18.2 Å². The zero-order chi connectivity index (χ0) is 26.1. The van der Waals surface area contributed by atoms with E-state index in [-0.39, 0.29) is 47.1 Å². The Morgan fingerprint density at radius 2 is 1.59 bits per heavy atom. The maximum atomic E-state index is 14.8. The second-order valence-electron chi connectivity index (χ2n) is 10.6. The van der Waals surface area contributed by atoms with E-state index >= 15 is 0 Å².